The predicted octanol–water partition coefficient (Wildman–Crippen LogP) is 3.95. The van der Waals surface area contributed by atoms with E-state index >= 15 is 0 Å². The Labute approximate surface area is 130 Å². The number of hydrogen-bond donors (Lipinski definition) is 0. The number of pyridine rings is 1. The summed E-state index contributed by atoms with van der Waals surface area (Å²) in [5.74, 6) is 1.57. The lowest BCUT2D eigenvalue weighted by atomic mass is 10.1. The van der Waals surface area contributed by atoms with Crippen molar-refractivity contribution in [2.45, 2.75) is 31.3 Å². The molecule has 0 aromatic carbocycles. The Kier molecular flexibility index (Phi) is 5.18. The summed E-state index contributed by atoms with van der Waals surface area (Å²) in [6.07, 6.45) is 2.88. The Morgan fingerprint density at radius 2 is 1.95 bits per heavy atom. The molecule has 0 spiro atoms. The fourth-order valence-electron chi connectivity index (χ4n) is 1.76. The molecule has 0 saturated heterocycles. The maximum Gasteiger partial charge on any atom is 0.181 e. The summed E-state index contributed by atoms with van der Waals surface area (Å²) in [6.45, 7) is 4.01. The van der Waals surface area contributed by atoms with Crippen molar-refractivity contribution >= 4 is 34.0 Å². The largest absolute Gasteiger partial charge is 0.448 e. The zero-order chi connectivity index (χ0) is 14.7. The summed E-state index contributed by atoms with van der Waals surface area (Å²) in [5, 5.41) is 0.887. The van der Waals surface area contributed by atoms with E-state index < -0.39 is 10.8 Å². The fourth-order valence-corrected chi connectivity index (χ4v) is 3.45. The van der Waals surface area contributed by atoms with Crippen LogP contribution in [0.25, 0.3) is 0 Å². The maximum atomic E-state index is 12.2. The summed E-state index contributed by atoms with van der Waals surface area (Å²) in [5.41, 5.74) is 1.30. The third-order valence-corrected chi connectivity index (χ3v) is 4.40. The molecular formula is C13H14Cl2N2O2S. The van der Waals surface area contributed by atoms with Crippen molar-refractivity contribution in [3.8, 4) is 0 Å². The highest BCUT2D eigenvalue weighted by molar-refractivity contribution is 7.83. The Morgan fingerprint density at radius 1 is 1.25 bits per heavy atom. The van der Waals surface area contributed by atoms with Crippen molar-refractivity contribution in [2.75, 3.05) is 0 Å². The second kappa shape index (κ2) is 6.70. The molecule has 0 radical (unpaired) electrons. The first-order valence-corrected chi connectivity index (χ1v) is 8.29. The Bertz CT molecular complexity index is 629. The van der Waals surface area contributed by atoms with Gasteiger partial charge in [-0.15, -0.1) is 0 Å². The highest BCUT2D eigenvalue weighted by Crippen LogP contribution is 2.22. The number of hydrogen-bond acceptors (Lipinski definition) is 4. The van der Waals surface area contributed by atoms with E-state index in [1.54, 1.807) is 6.07 Å². The lowest BCUT2D eigenvalue weighted by Crippen LogP contribution is -2.04. The minimum absolute atomic E-state index is 0.210. The van der Waals surface area contributed by atoms with Crippen LogP contribution in [0.4, 0.5) is 0 Å². The molecular weight excluding hydrogens is 319 g/mol. The zero-order valence-corrected chi connectivity index (χ0v) is 13.4. The quantitative estimate of drug-likeness (QED) is 0.831. The zero-order valence-electron chi connectivity index (χ0n) is 11.1. The molecule has 0 aliphatic rings. The van der Waals surface area contributed by atoms with Gasteiger partial charge in [0.25, 0.3) is 0 Å². The molecule has 4 nitrogen and oxygen atoms in total. The van der Waals surface area contributed by atoms with Gasteiger partial charge in [0.1, 0.15) is 5.76 Å². The van der Waals surface area contributed by atoms with E-state index in [0.29, 0.717) is 21.5 Å². The van der Waals surface area contributed by atoms with E-state index in [1.807, 2.05) is 13.8 Å². The smallest absolute Gasteiger partial charge is 0.181 e. The molecule has 0 saturated carbocycles. The van der Waals surface area contributed by atoms with Crippen molar-refractivity contribution in [3.63, 3.8) is 0 Å². The van der Waals surface area contributed by atoms with E-state index in [2.05, 4.69) is 9.97 Å². The normalized spacial score (nSPS) is 12.8. The molecule has 0 fully saturated rings. The van der Waals surface area contributed by atoms with Crippen LogP contribution < -0.4 is 0 Å². The number of oxazole rings is 1. The molecule has 0 aliphatic heterocycles. The van der Waals surface area contributed by atoms with Gasteiger partial charge in [-0.2, -0.15) is 0 Å². The standard InChI is InChI=1S/C13H14Cl2N2O2S/c1-8(2)13-12(17-7-19-13)6-20(18)5-11-10(15)3-9(14)4-16-11/h3-4,7-8H,5-6H2,1-2H3. The molecule has 108 valence electrons. The third-order valence-electron chi connectivity index (χ3n) is 2.68. The van der Waals surface area contributed by atoms with E-state index in [0.717, 1.165) is 11.5 Å². The molecule has 0 amide bonds. The summed E-state index contributed by atoms with van der Waals surface area (Å²) in [7, 11) is -1.16. The van der Waals surface area contributed by atoms with Crippen LogP contribution in [0, 0.1) is 0 Å². The van der Waals surface area contributed by atoms with Crippen LogP contribution in [-0.4, -0.2) is 14.2 Å². The molecule has 20 heavy (non-hydrogen) atoms. The number of rotatable bonds is 5. The SMILES string of the molecule is CC(C)c1ocnc1CS(=O)Cc1ncc(Cl)cc1Cl. The van der Waals surface area contributed by atoms with Gasteiger partial charge >= 0.3 is 0 Å². The van der Waals surface area contributed by atoms with E-state index in [9.17, 15) is 4.21 Å². The van der Waals surface area contributed by atoms with Crippen molar-refractivity contribution in [1.29, 1.82) is 0 Å². The van der Waals surface area contributed by atoms with Gasteiger partial charge in [-0.25, -0.2) is 4.98 Å². The highest BCUT2D eigenvalue weighted by atomic mass is 35.5. The molecule has 0 aliphatic carbocycles. The monoisotopic (exact) mass is 332 g/mol. The van der Waals surface area contributed by atoms with Gasteiger partial charge in [0.05, 0.1) is 32.9 Å². The second-order valence-electron chi connectivity index (χ2n) is 4.63. The molecule has 7 heteroatoms. The molecule has 0 bridgehead atoms. The van der Waals surface area contributed by atoms with Crippen molar-refractivity contribution in [3.05, 3.63) is 45.9 Å². The number of nitrogens with zero attached hydrogens (tertiary/aromatic N) is 2. The average molecular weight is 333 g/mol. The van der Waals surface area contributed by atoms with Gasteiger partial charge in [-0.1, -0.05) is 37.0 Å². The van der Waals surface area contributed by atoms with Gasteiger partial charge in [-0.05, 0) is 6.07 Å². The molecule has 2 aromatic rings. The molecule has 2 rings (SSSR count). The molecule has 2 aromatic heterocycles. The van der Waals surface area contributed by atoms with Gasteiger partial charge < -0.3 is 4.42 Å². The minimum atomic E-state index is -1.16. The number of aromatic nitrogens is 2. The van der Waals surface area contributed by atoms with Crippen LogP contribution >= 0.6 is 23.2 Å². The predicted molar refractivity (Wildman–Crippen MR) is 80.4 cm³/mol. The van der Waals surface area contributed by atoms with Crippen molar-refractivity contribution in [2.24, 2.45) is 0 Å². The number of halogens is 2. The first-order valence-electron chi connectivity index (χ1n) is 6.04. The van der Waals surface area contributed by atoms with E-state index in [-0.39, 0.29) is 11.7 Å². The lowest BCUT2D eigenvalue weighted by Gasteiger charge is -2.05. The summed E-state index contributed by atoms with van der Waals surface area (Å²) < 4.78 is 17.5. The Morgan fingerprint density at radius 3 is 2.60 bits per heavy atom. The summed E-state index contributed by atoms with van der Waals surface area (Å²) in [4.78, 5) is 8.23. The third kappa shape index (κ3) is 3.81. The summed E-state index contributed by atoms with van der Waals surface area (Å²) >= 11 is 11.8. The minimum Gasteiger partial charge on any atom is -0.448 e. The lowest BCUT2D eigenvalue weighted by molar-refractivity contribution is 0.480. The van der Waals surface area contributed by atoms with Gasteiger partial charge in [0, 0.05) is 22.9 Å². The Balaban J connectivity index is 2.07. The topological polar surface area (TPSA) is 56.0 Å². The average Bonchev–Trinajstić information content (AvgIpc) is 2.81. The first-order chi connectivity index (χ1) is 9.47. The van der Waals surface area contributed by atoms with E-state index in [1.165, 1.54) is 12.6 Å². The van der Waals surface area contributed by atoms with Gasteiger partial charge in [-0.3, -0.25) is 9.19 Å². The van der Waals surface area contributed by atoms with Crippen LogP contribution in [0.1, 0.15) is 36.9 Å². The maximum absolute atomic E-state index is 12.2. The Hall–Kier alpha value is -0.910. The second-order valence-corrected chi connectivity index (χ2v) is 6.93. The highest BCUT2D eigenvalue weighted by Gasteiger charge is 2.16. The van der Waals surface area contributed by atoms with Crippen LogP contribution in [0.3, 0.4) is 0 Å². The van der Waals surface area contributed by atoms with E-state index in [4.69, 9.17) is 27.6 Å². The van der Waals surface area contributed by atoms with Crippen molar-refractivity contribution < 1.29 is 8.63 Å². The van der Waals surface area contributed by atoms with Gasteiger partial charge in [0.15, 0.2) is 6.39 Å². The van der Waals surface area contributed by atoms with Crippen LogP contribution in [0.5, 0.6) is 0 Å². The van der Waals surface area contributed by atoms with Crippen molar-refractivity contribution in [1.82, 2.24) is 9.97 Å². The molecule has 0 N–H and O–H groups in total. The van der Waals surface area contributed by atoms with Crippen LogP contribution in [-0.2, 0) is 22.3 Å². The molecule has 1 atom stereocenters. The summed E-state index contributed by atoms with van der Waals surface area (Å²) in [6, 6.07) is 1.60. The molecule has 1 unspecified atom stereocenters. The fraction of sp³-hybridized carbons (Fsp3) is 0.385. The van der Waals surface area contributed by atoms with Gasteiger partial charge in [0.2, 0.25) is 0 Å². The molecule has 2 heterocycles. The van der Waals surface area contributed by atoms with Crippen LogP contribution in [0.2, 0.25) is 10.0 Å². The first kappa shape index (κ1) is 15.5. The van der Waals surface area contributed by atoms with Crippen LogP contribution in [0.15, 0.2) is 23.1 Å².